The standard InChI is InChI=1S/C19H31N3O/c1-14-10-15(2)12-22(11-14)13-16(3)21-19(23)9-8-17-6-4-5-7-18(17)20/h4-7,14-16H,8-13,20H2,1-3H3,(H,21,23). The molecular weight excluding hydrogens is 286 g/mol. The third kappa shape index (κ3) is 5.87. The lowest BCUT2D eigenvalue weighted by atomic mass is 9.92. The van der Waals surface area contributed by atoms with E-state index >= 15 is 0 Å². The molecule has 1 aliphatic heterocycles. The number of nitrogens with zero attached hydrogens (tertiary/aromatic N) is 1. The first-order valence-electron chi connectivity index (χ1n) is 8.79. The van der Waals surface area contributed by atoms with Crippen molar-refractivity contribution in [2.75, 3.05) is 25.4 Å². The zero-order valence-electron chi connectivity index (χ0n) is 14.7. The van der Waals surface area contributed by atoms with E-state index in [4.69, 9.17) is 5.73 Å². The Morgan fingerprint density at radius 1 is 1.30 bits per heavy atom. The lowest BCUT2D eigenvalue weighted by molar-refractivity contribution is -0.121. The minimum atomic E-state index is 0.110. The lowest BCUT2D eigenvalue weighted by Crippen LogP contribution is -2.47. The van der Waals surface area contributed by atoms with Gasteiger partial charge in [0.1, 0.15) is 0 Å². The molecule has 0 saturated carbocycles. The van der Waals surface area contributed by atoms with Crippen molar-refractivity contribution < 1.29 is 4.79 Å². The van der Waals surface area contributed by atoms with Gasteiger partial charge < -0.3 is 16.0 Å². The molecule has 1 amide bonds. The fourth-order valence-corrected chi connectivity index (χ4v) is 3.73. The summed E-state index contributed by atoms with van der Waals surface area (Å²) in [4.78, 5) is 14.6. The van der Waals surface area contributed by atoms with Gasteiger partial charge in [0.15, 0.2) is 0 Å². The van der Waals surface area contributed by atoms with Crippen LogP contribution in [0.25, 0.3) is 0 Å². The first kappa shape index (κ1) is 17.8. The van der Waals surface area contributed by atoms with E-state index in [1.165, 1.54) is 6.42 Å². The van der Waals surface area contributed by atoms with Gasteiger partial charge in [0.05, 0.1) is 0 Å². The van der Waals surface area contributed by atoms with Gasteiger partial charge in [-0.2, -0.15) is 0 Å². The van der Waals surface area contributed by atoms with Crippen LogP contribution < -0.4 is 11.1 Å². The van der Waals surface area contributed by atoms with E-state index in [1.807, 2.05) is 24.3 Å². The second-order valence-corrected chi connectivity index (χ2v) is 7.33. The number of nitrogen functional groups attached to an aromatic ring is 1. The predicted octanol–water partition coefficient (Wildman–Crippen LogP) is 2.68. The molecule has 0 aliphatic carbocycles. The van der Waals surface area contributed by atoms with Crippen LogP contribution in [0.5, 0.6) is 0 Å². The number of para-hydroxylation sites is 1. The number of hydrogen-bond donors (Lipinski definition) is 2. The third-order valence-electron chi connectivity index (χ3n) is 4.56. The van der Waals surface area contributed by atoms with Crippen LogP contribution in [0.3, 0.4) is 0 Å². The fourth-order valence-electron chi connectivity index (χ4n) is 3.73. The van der Waals surface area contributed by atoms with E-state index in [1.54, 1.807) is 0 Å². The molecule has 1 heterocycles. The molecule has 4 heteroatoms. The van der Waals surface area contributed by atoms with Crippen molar-refractivity contribution in [2.45, 2.75) is 46.1 Å². The highest BCUT2D eigenvalue weighted by atomic mass is 16.1. The number of piperidine rings is 1. The SMILES string of the molecule is CC1CC(C)CN(CC(C)NC(=O)CCc2ccccc2N)C1. The quantitative estimate of drug-likeness (QED) is 0.793. The lowest BCUT2D eigenvalue weighted by Gasteiger charge is -2.36. The van der Waals surface area contributed by atoms with Crippen LogP contribution in [0.2, 0.25) is 0 Å². The number of nitrogens with one attached hydrogen (secondary N) is 1. The van der Waals surface area contributed by atoms with Crippen molar-refractivity contribution in [1.29, 1.82) is 0 Å². The second kappa shape index (κ2) is 8.34. The first-order valence-corrected chi connectivity index (χ1v) is 8.79. The van der Waals surface area contributed by atoms with Gasteiger partial charge in [0, 0.05) is 37.8 Å². The zero-order chi connectivity index (χ0) is 16.8. The molecule has 1 aromatic carbocycles. The molecule has 0 radical (unpaired) electrons. The summed E-state index contributed by atoms with van der Waals surface area (Å²) in [5, 5.41) is 3.13. The summed E-state index contributed by atoms with van der Waals surface area (Å²) in [7, 11) is 0. The molecule has 4 nitrogen and oxygen atoms in total. The van der Waals surface area contributed by atoms with Gasteiger partial charge in [-0.1, -0.05) is 32.0 Å². The molecule has 0 aromatic heterocycles. The van der Waals surface area contributed by atoms with E-state index in [9.17, 15) is 4.79 Å². The molecular formula is C19H31N3O. The van der Waals surface area contributed by atoms with Crippen LogP contribution in [0.1, 0.15) is 39.2 Å². The number of aryl methyl sites for hydroxylation is 1. The molecule has 0 bridgehead atoms. The summed E-state index contributed by atoms with van der Waals surface area (Å²) in [5.74, 6) is 1.62. The molecule has 3 unspecified atom stereocenters. The summed E-state index contributed by atoms with van der Waals surface area (Å²) < 4.78 is 0. The van der Waals surface area contributed by atoms with E-state index in [-0.39, 0.29) is 11.9 Å². The average molecular weight is 317 g/mol. The largest absolute Gasteiger partial charge is 0.399 e. The van der Waals surface area contributed by atoms with Crippen molar-refractivity contribution in [3.8, 4) is 0 Å². The minimum absolute atomic E-state index is 0.110. The summed E-state index contributed by atoms with van der Waals surface area (Å²) in [5.41, 5.74) is 7.74. The Labute approximate surface area is 140 Å². The van der Waals surface area contributed by atoms with E-state index in [0.29, 0.717) is 12.8 Å². The van der Waals surface area contributed by atoms with E-state index in [2.05, 4.69) is 31.0 Å². The Balaban J connectivity index is 1.73. The molecule has 0 spiro atoms. The summed E-state index contributed by atoms with van der Waals surface area (Å²) in [6.45, 7) is 9.95. The maximum Gasteiger partial charge on any atom is 0.220 e. The molecule has 3 N–H and O–H groups in total. The number of nitrogens with two attached hydrogens (primary N) is 1. The number of benzene rings is 1. The van der Waals surface area contributed by atoms with Gasteiger partial charge in [0.2, 0.25) is 5.91 Å². The monoisotopic (exact) mass is 317 g/mol. The molecule has 128 valence electrons. The van der Waals surface area contributed by atoms with Crippen molar-refractivity contribution in [3.05, 3.63) is 29.8 Å². The van der Waals surface area contributed by atoms with Gasteiger partial charge in [-0.25, -0.2) is 0 Å². The topological polar surface area (TPSA) is 58.4 Å². The number of likely N-dealkylation sites (tertiary alicyclic amines) is 1. The van der Waals surface area contributed by atoms with Crippen LogP contribution in [0.4, 0.5) is 5.69 Å². The van der Waals surface area contributed by atoms with Crippen LogP contribution in [0.15, 0.2) is 24.3 Å². The van der Waals surface area contributed by atoms with Gasteiger partial charge in [0.25, 0.3) is 0 Å². The zero-order valence-corrected chi connectivity index (χ0v) is 14.7. The highest BCUT2D eigenvalue weighted by Crippen LogP contribution is 2.20. The second-order valence-electron chi connectivity index (χ2n) is 7.33. The van der Waals surface area contributed by atoms with E-state index < -0.39 is 0 Å². The summed E-state index contributed by atoms with van der Waals surface area (Å²) >= 11 is 0. The Hall–Kier alpha value is -1.55. The number of amides is 1. The molecule has 23 heavy (non-hydrogen) atoms. The molecule has 2 rings (SSSR count). The first-order chi connectivity index (χ1) is 10.9. The van der Waals surface area contributed by atoms with Crippen LogP contribution in [0, 0.1) is 11.8 Å². The average Bonchev–Trinajstić information content (AvgIpc) is 2.45. The Bertz CT molecular complexity index is 507. The maximum absolute atomic E-state index is 12.1. The Kier molecular flexibility index (Phi) is 6.46. The minimum Gasteiger partial charge on any atom is -0.399 e. The van der Waals surface area contributed by atoms with Crippen LogP contribution >= 0.6 is 0 Å². The van der Waals surface area contributed by atoms with Crippen molar-refractivity contribution >= 4 is 11.6 Å². The number of anilines is 1. The molecule has 1 aromatic rings. The molecule has 1 aliphatic rings. The summed E-state index contributed by atoms with van der Waals surface area (Å²) in [6.07, 6.45) is 2.50. The molecule has 1 saturated heterocycles. The molecule has 3 atom stereocenters. The third-order valence-corrected chi connectivity index (χ3v) is 4.56. The highest BCUT2D eigenvalue weighted by molar-refractivity contribution is 5.76. The van der Waals surface area contributed by atoms with Crippen molar-refractivity contribution in [3.63, 3.8) is 0 Å². The smallest absolute Gasteiger partial charge is 0.220 e. The number of rotatable bonds is 6. The summed E-state index contributed by atoms with van der Waals surface area (Å²) in [6, 6.07) is 7.94. The number of hydrogen-bond acceptors (Lipinski definition) is 3. The maximum atomic E-state index is 12.1. The van der Waals surface area contributed by atoms with Crippen LogP contribution in [-0.2, 0) is 11.2 Å². The van der Waals surface area contributed by atoms with Crippen molar-refractivity contribution in [1.82, 2.24) is 10.2 Å². The van der Waals surface area contributed by atoms with E-state index in [0.717, 1.165) is 42.7 Å². The van der Waals surface area contributed by atoms with Gasteiger partial charge in [-0.3, -0.25) is 4.79 Å². The van der Waals surface area contributed by atoms with Gasteiger partial charge >= 0.3 is 0 Å². The normalized spacial score (nSPS) is 23.4. The molecule has 1 fully saturated rings. The Morgan fingerprint density at radius 3 is 2.61 bits per heavy atom. The van der Waals surface area contributed by atoms with Crippen molar-refractivity contribution in [2.24, 2.45) is 11.8 Å². The predicted molar refractivity (Wildman–Crippen MR) is 96.2 cm³/mol. The number of carbonyl (C=O) groups excluding carboxylic acids is 1. The number of carbonyl (C=O) groups is 1. The van der Waals surface area contributed by atoms with Gasteiger partial charge in [-0.15, -0.1) is 0 Å². The fraction of sp³-hybridized carbons (Fsp3) is 0.632. The van der Waals surface area contributed by atoms with Crippen LogP contribution in [-0.4, -0.2) is 36.5 Å². The highest BCUT2D eigenvalue weighted by Gasteiger charge is 2.23. The van der Waals surface area contributed by atoms with Gasteiger partial charge in [-0.05, 0) is 43.2 Å². The Morgan fingerprint density at radius 2 is 1.96 bits per heavy atom.